The summed E-state index contributed by atoms with van der Waals surface area (Å²) in [6.45, 7) is 1.03. The zero-order valence-electron chi connectivity index (χ0n) is 6.69. The second-order valence-electron chi connectivity index (χ2n) is 2.93. The van der Waals surface area contributed by atoms with E-state index in [0.717, 1.165) is 0 Å². The minimum atomic E-state index is -0.375. The molecule has 1 amide bonds. The highest BCUT2D eigenvalue weighted by Crippen LogP contribution is 2.09. The zero-order chi connectivity index (χ0) is 9.14. The molecule has 0 aromatic heterocycles. The number of nitrogens with two attached hydrogens (primary N) is 1. The van der Waals surface area contributed by atoms with Crippen LogP contribution in [0.1, 0.15) is 12.8 Å². The molecule has 0 saturated carbocycles. The number of aliphatic hydroxyl groups is 1. The summed E-state index contributed by atoms with van der Waals surface area (Å²) < 4.78 is 0. The molecule has 4 nitrogen and oxygen atoms in total. The molecule has 0 radical (unpaired) electrons. The Morgan fingerprint density at radius 1 is 1.75 bits per heavy atom. The number of carbonyl (C=O) groups is 1. The van der Waals surface area contributed by atoms with Gasteiger partial charge < -0.3 is 15.7 Å². The van der Waals surface area contributed by atoms with E-state index >= 15 is 0 Å². The number of amides is 1. The summed E-state index contributed by atoms with van der Waals surface area (Å²) in [6, 6.07) is 0. The van der Waals surface area contributed by atoms with Crippen molar-refractivity contribution in [1.82, 2.24) is 4.90 Å². The van der Waals surface area contributed by atoms with Crippen molar-refractivity contribution in [2.24, 2.45) is 5.73 Å². The van der Waals surface area contributed by atoms with Crippen molar-refractivity contribution in [3.05, 3.63) is 0 Å². The van der Waals surface area contributed by atoms with Gasteiger partial charge in [0.2, 0.25) is 5.91 Å². The van der Waals surface area contributed by atoms with Gasteiger partial charge in [0.15, 0.2) is 0 Å². The maximum Gasteiger partial charge on any atom is 0.229 e. The van der Waals surface area contributed by atoms with Gasteiger partial charge in [-0.15, -0.1) is 0 Å². The van der Waals surface area contributed by atoms with E-state index in [1.165, 1.54) is 0 Å². The van der Waals surface area contributed by atoms with Crippen molar-refractivity contribution >= 4 is 23.1 Å². The Morgan fingerprint density at radius 3 is 2.83 bits per heavy atom. The van der Waals surface area contributed by atoms with Crippen LogP contribution in [-0.4, -0.2) is 40.1 Å². The molecule has 1 aliphatic rings. The Kier molecular flexibility index (Phi) is 2.99. The van der Waals surface area contributed by atoms with Gasteiger partial charge in [0.25, 0.3) is 0 Å². The molecule has 68 valence electrons. The molecule has 0 aromatic carbocycles. The molecule has 1 atom stereocenters. The van der Waals surface area contributed by atoms with Crippen LogP contribution >= 0.6 is 12.2 Å². The standard InChI is InChI=1S/C7H12N2O2S/c8-6(12)3-7(11)9-2-1-5(10)4-9/h5,10H,1-4H2,(H2,8,12). The number of likely N-dealkylation sites (tertiary alicyclic amines) is 1. The minimum absolute atomic E-state index is 0.0842. The van der Waals surface area contributed by atoms with Crippen molar-refractivity contribution < 1.29 is 9.90 Å². The third-order valence-electron chi connectivity index (χ3n) is 1.84. The molecule has 1 rings (SSSR count). The topological polar surface area (TPSA) is 66.6 Å². The van der Waals surface area contributed by atoms with E-state index in [-0.39, 0.29) is 23.4 Å². The molecule has 12 heavy (non-hydrogen) atoms. The number of β-amino-alcohol motifs (C(OH)–C–C–N with tert-alkyl or cyclic N) is 1. The summed E-state index contributed by atoms with van der Waals surface area (Å²) in [5.74, 6) is -0.0842. The van der Waals surface area contributed by atoms with Gasteiger partial charge in [-0.05, 0) is 6.42 Å². The fourth-order valence-electron chi connectivity index (χ4n) is 1.23. The van der Waals surface area contributed by atoms with Gasteiger partial charge in [-0.25, -0.2) is 0 Å². The van der Waals surface area contributed by atoms with Crippen LogP contribution in [0.4, 0.5) is 0 Å². The summed E-state index contributed by atoms with van der Waals surface area (Å²) in [5, 5.41) is 9.12. The Bertz CT molecular complexity index is 208. The molecule has 1 saturated heterocycles. The number of carbonyl (C=O) groups excluding carboxylic acids is 1. The number of thiocarbonyl (C=S) groups is 1. The molecule has 0 spiro atoms. The van der Waals surface area contributed by atoms with Crippen LogP contribution in [0.3, 0.4) is 0 Å². The monoisotopic (exact) mass is 188 g/mol. The largest absolute Gasteiger partial charge is 0.393 e. The van der Waals surface area contributed by atoms with Gasteiger partial charge in [-0.1, -0.05) is 12.2 Å². The molecule has 1 unspecified atom stereocenters. The van der Waals surface area contributed by atoms with Gasteiger partial charge >= 0.3 is 0 Å². The van der Waals surface area contributed by atoms with E-state index in [2.05, 4.69) is 12.2 Å². The maximum atomic E-state index is 11.2. The first kappa shape index (κ1) is 9.41. The maximum absolute atomic E-state index is 11.2. The first-order valence-corrected chi connectivity index (χ1v) is 4.24. The lowest BCUT2D eigenvalue weighted by molar-refractivity contribution is -0.129. The van der Waals surface area contributed by atoms with E-state index in [4.69, 9.17) is 10.8 Å². The average molecular weight is 188 g/mol. The highest BCUT2D eigenvalue weighted by Gasteiger charge is 2.24. The van der Waals surface area contributed by atoms with E-state index in [1.54, 1.807) is 4.90 Å². The predicted molar refractivity (Wildman–Crippen MR) is 48.6 cm³/mol. The highest BCUT2D eigenvalue weighted by atomic mass is 32.1. The summed E-state index contributed by atoms with van der Waals surface area (Å²) in [7, 11) is 0. The van der Waals surface area contributed by atoms with Gasteiger partial charge in [0, 0.05) is 13.1 Å². The number of hydrogen-bond acceptors (Lipinski definition) is 3. The molecule has 1 fully saturated rings. The van der Waals surface area contributed by atoms with Crippen molar-refractivity contribution in [2.45, 2.75) is 18.9 Å². The zero-order valence-corrected chi connectivity index (χ0v) is 7.51. The van der Waals surface area contributed by atoms with Gasteiger partial charge in [-0.2, -0.15) is 0 Å². The molecule has 1 heterocycles. The van der Waals surface area contributed by atoms with Gasteiger partial charge in [0.05, 0.1) is 17.5 Å². The van der Waals surface area contributed by atoms with Crippen LogP contribution in [0.5, 0.6) is 0 Å². The summed E-state index contributed by atoms with van der Waals surface area (Å²) >= 11 is 4.60. The fourth-order valence-corrected chi connectivity index (χ4v) is 1.35. The van der Waals surface area contributed by atoms with Gasteiger partial charge in [0.1, 0.15) is 0 Å². The van der Waals surface area contributed by atoms with Crippen molar-refractivity contribution in [2.75, 3.05) is 13.1 Å². The summed E-state index contributed by atoms with van der Waals surface area (Å²) in [5.41, 5.74) is 5.22. The molecular formula is C7H12N2O2S. The number of rotatable bonds is 2. The SMILES string of the molecule is NC(=S)CC(=O)N1CCC(O)C1. The normalized spacial score (nSPS) is 22.8. The number of hydrogen-bond donors (Lipinski definition) is 2. The smallest absolute Gasteiger partial charge is 0.229 e. The molecule has 0 aromatic rings. The quantitative estimate of drug-likeness (QED) is 0.560. The Morgan fingerprint density at radius 2 is 2.42 bits per heavy atom. The van der Waals surface area contributed by atoms with Crippen LogP contribution in [0.15, 0.2) is 0 Å². The van der Waals surface area contributed by atoms with Crippen LogP contribution in [-0.2, 0) is 4.79 Å². The Balaban J connectivity index is 2.38. The third-order valence-corrected chi connectivity index (χ3v) is 1.99. The lowest BCUT2D eigenvalue weighted by Gasteiger charge is -2.14. The van der Waals surface area contributed by atoms with Crippen molar-refractivity contribution in [3.8, 4) is 0 Å². The summed E-state index contributed by atoms with van der Waals surface area (Å²) in [6.07, 6.45) is 0.394. The average Bonchev–Trinajstić information content (AvgIpc) is 2.34. The molecule has 1 aliphatic heterocycles. The molecule has 0 bridgehead atoms. The third kappa shape index (κ3) is 2.42. The van der Waals surface area contributed by atoms with Gasteiger partial charge in [-0.3, -0.25) is 4.79 Å². The number of aliphatic hydroxyl groups excluding tert-OH is 1. The fraction of sp³-hybridized carbons (Fsp3) is 0.714. The molecular weight excluding hydrogens is 176 g/mol. The minimum Gasteiger partial charge on any atom is -0.393 e. The second kappa shape index (κ2) is 3.82. The lowest BCUT2D eigenvalue weighted by Crippen LogP contribution is -2.32. The highest BCUT2D eigenvalue weighted by molar-refractivity contribution is 7.80. The van der Waals surface area contributed by atoms with Crippen LogP contribution in [0.2, 0.25) is 0 Å². The second-order valence-corrected chi connectivity index (χ2v) is 3.45. The Hall–Kier alpha value is -0.680. The van der Waals surface area contributed by atoms with Crippen LogP contribution < -0.4 is 5.73 Å². The lowest BCUT2D eigenvalue weighted by atomic mass is 10.3. The van der Waals surface area contributed by atoms with Crippen LogP contribution in [0, 0.1) is 0 Å². The first-order valence-electron chi connectivity index (χ1n) is 3.83. The summed E-state index contributed by atoms with van der Waals surface area (Å²) in [4.78, 5) is 13.0. The molecule has 0 aliphatic carbocycles. The van der Waals surface area contributed by atoms with Crippen molar-refractivity contribution in [3.63, 3.8) is 0 Å². The number of nitrogens with zero attached hydrogens (tertiary/aromatic N) is 1. The first-order chi connectivity index (χ1) is 5.59. The van der Waals surface area contributed by atoms with E-state index < -0.39 is 0 Å². The van der Waals surface area contributed by atoms with E-state index in [9.17, 15) is 4.79 Å². The molecule has 3 N–H and O–H groups in total. The van der Waals surface area contributed by atoms with Crippen LogP contribution in [0.25, 0.3) is 0 Å². The molecule has 5 heteroatoms. The van der Waals surface area contributed by atoms with E-state index in [1.807, 2.05) is 0 Å². The predicted octanol–water partition coefficient (Wildman–Crippen LogP) is -0.744. The Labute approximate surface area is 76.3 Å². The van der Waals surface area contributed by atoms with Crippen molar-refractivity contribution in [1.29, 1.82) is 0 Å². The van der Waals surface area contributed by atoms with E-state index in [0.29, 0.717) is 19.5 Å².